The number of hydrogen-bond acceptors (Lipinski definition) is 2. The molecule has 4 heteroatoms. The van der Waals surface area contributed by atoms with Gasteiger partial charge in [0.05, 0.1) is 6.20 Å². The van der Waals surface area contributed by atoms with Crippen LogP contribution < -0.4 is 4.90 Å². The third-order valence-corrected chi connectivity index (χ3v) is 4.18. The topological polar surface area (TPSA) is 38.1 Å². The van der Waals surface area contributed by atoms with Gasteiger partial charge < -0.3 is 4.90 Å². The van der Waals surface area contributed by atoms with Crippen molar-refractivity contribution < 1.29 is 4.79 Å². The first-order valence-corrected chi connectivity index (χ1v) is 7.52. The van der Waals surface area contributed by atoms with Crippen molar-refractivity contribution in [2.75, 3.05) is 4.90 Å². The molecule has 0 saturated heterocycles. The maximum atomic E-state index is 12.7. The largest absolute Gasteiger partial charge is 0.309 e. The van der Waals surface area contributed by atoms with Gasteiger partial charge in [-0.15, -0.1) is 0 Å². The number of benzene rings is 1. The monoisotopic (exact) mass is 283 g/mol. The number of carbonyl (C=O) groups excluding carboxylic acids is 1. The van der Waals surface area contributed by atoms with Gasteiger partial charge in [0, 0.05) is 31.4 Å². The average molecular weight is 283 g/mol. The summed E-state index contributed by atoms with van der Waals surface area (Å²) < 4.78 is 1.78. The zero-order chi connectivity index (χ0) is 14.8. The molecule has 1 aromatic heterocycles. The number of aryl methyl sites for hydroxylation is 3. The molecule has 0 aliphatic carbocycles. The summed E-state index contributed by atoms with van der Waals surface area (Å²) in [6, 6.07) is 8.53. The number of anilines is 1. The maximum Gasteiger partial charge on any atom is 0.227 e. The van der Waals surface area contributed by atoms with E-state index in [1.807, 2.05) is 36.5 Å². The van der Waals surface area contributed by atoms with Crippen molar-refractivity contribution in [2.24, 2.45) is 7.05 Å². The Morgan fingerprint density at radius 1 is 1.38 bits per heavy atom. The van der Waals surface area contributed by atoms with E-state index in [-0.39, 0.29) is 11.9 Å². The quantitative estimate of drug-likeness (QED) is 0.868. The fraction of sp³-hybridized carbons (Fsp3) is 0.412. The number of aromatic nitrogens is 2. The summed E-state index contributed by atoms with van der Waals surface area (Å²) in [5.41, 5.74) is 3.49. The molecule has 1 amide bonds. The lowest BCUT2D eigenvalue weighted by Gasteiger charge is -2.35. The van der Waals surface area contributed by atoms with Gasteiger partial charge in [0.25, 0.3) is 0 Å². The number of amides is 1. The van der Waals surface area contributed by atoms with E-state index in [2.05, 4.69) is 24.2 Å². The van der Waals surface area contributed by atoms with Gasteiger partial charge in [-0.1, -0.05) is 18.2 Å². The minimum Gasteiger partial charge on any atom is -0.309 e. The molecule has 0 bridgehead atoms. The molecule has 0 radical (unpaired) electrons. The van der Waals surface area contributed by atoms with Crippen molar-refractivity contribution in [3.05, 3.63) is 47.8 Å². The number of fused-ring (bicyclic) bond motifs is 1. The first-order valence-electron chi connectivity index (χ1n) is 7.52. The van der Waals surface area contributed by atoms with Crippen LogP contribution in [0, 0.1) is 0 Å². The Bertz CT molecular complexity index is 647. The van der Waals surface area contributed by atoms with Gasteiger partial charge in [-0.2, -0.15) is 5.10 Å². The molecule has 1 aliphatic heterocycles. The van der Waals surface area contributed by atoms with E-state index in [0.29, 0.717) is 6.42 Å². The fourth-order valence-electron chi connectivity index (χ4n) is 3.04. The summed E-state index contributed by atoms with van der Waals surface area (Å²) in [4.78, 5) is 14.6. The first kappa shape index (κ1) is 13.9. The van der Waals surface area contributed by atoms with E-state index in [4.69, 9.17) is 0 Å². The van der Waals surface area contributed by atoms with E-state index >= 15 is 0 Å². The van der Waals surface area contributed by atoms with E-state index in [1.54, 1.807) is 4.68 Å². The minimum atomic E-state index is 0.207. The van der Waals surface area contributed by atoms with E-state index in [9.17, 15) is 4.79 Å². The van der Waals surface area contributed by atoms with Crippen LogP contribution in [0.25, 0.3) is 0 Å². The van der Waals surface area contributed by atoms with Gasteiger partial charge in [-0.3, -0.25) is 9.48 Å². The molecule has 1 atom stereocenters. The molecule has 3 rings (SSSR count). The minimum absolute atomic E-state index is 0.207. The summed E-state index contributed by atoms with van der Waals surface area (Å²) >= 11 is 0. The number of carbonyl (C=O) groups is 1. The molecular weight excluding hydrogens is 262 g/mol. The van der Waals surface area contributed by atoms with Gasteiger partial charge >= 0.3 is 0 Å². The maximum absolute atomic E-state index is 12.7. The third kappa shape index (κ3) is 2.84. The smallest absolute Gasteiger partial charge is 0.227 e. The van der Waals surface area contributed by atoms with Crippen LogP contribution >= 0.6 is 0 Å². The van der Waals surface area contributed by atoms with Crippen LogP contribution in [-0.4, -0.2) is 21.7 Å². The van der Waals surface area contributed by atoms with E-state index < -0.39 is 0 Å². The molecule has 1 aromatic carbocycles. The molecule has 1 unspecified atom stereocenters. The van der Waals surface area contributed by atoms with E-state index in [0.717, 1.165) is 30.5 Å². The number of rotatable bonds is 3. The lowest BCUT2D eigenvalue weighted by Crippen LogP contribution is -2.42. The summed E-state index contributed by atoms with van der Waals surface area (Å²) in [7, 11) is 1.90. The van der Waals surface area contributed by atoms with Gasteiger partial charge in [-0.25, -0.2) is 0 Å². The van der Waals surface area contributed by atoms with Crippen molar-refractivity contribution in [1.82, 2.24) is 9.78 Å². The lowest BCUT2D eigenvalue weighted by atomic mass is 9.96. The third-order valence-electron chi connectivity index (χ3n) is 4.18. The average Bonchev–Trinajstić information content (AvgIpc) is 2.90. The molecule has 21 heavy (non-hydrogen) atoms. The molecule has 1 aliphatic rings. The second kappa shape index (κ2) is 5.72. The molecular formula is C17H21N3O. The number of nitrogens with zero attached hydrogens (tertiary/aromatic N) is 3. The normalized spacial score (nSPS) is 17.6. The van der Waals surface area contributed by atoms with Gasteiger partial charge in [0.15, 0.2) is 0 Å². The summed E-state index contributed by atoms with van der Waals surface area (Å²) in [5.74, 6) is 0.207. The second-order valence-corrected chi connectivity index (χ2v) is 5.80. The van der Waals surface area contributed by atoms with Crippen molar-refractivity contribution in [3.63, 3.8) is 0 Å². The van der Waals surface area contributed by atoms with Gasteiger partial charge in [0.2, 0.25) is 5.91 Å². The predicted molar refractivity (Wildman–Crippen MR) is 83.2 cm³/mol. The second-order valence-electron chi connectivity index (χ2n) is 5.80. The van der Waals surface area contributed by atoms with Crippen LogP contribution in [0.4, 0.5) is 5.69 Å². The Balaban J connectivity index is 1.74. The Kier molecular flexibility index (Phi) is 3.78. The summed E-state index contributed by atoms with van der Waals surface area (Å²) in [6.07, 6.45) is 7.18. The number of hydrogen-bond donors (Lipinski definition) is 0. The van der Waals surface area contributed by atoms with Crippen molar-refractivity contribution in [2.45, 2.75) is 38.6 Å². The van der Waals surface area contributed by atoms with Gasteiger partial charge in [0.1, 0.15) is 0 Å². The Morgan fingerprint density at radius 3 is 2.95 bits per heavy atom. The first-order chi connectivity index (χ1) is 10.1. The molecule has 110 valence electrons. The SMILES string of the molecule is CC1CCc2ccccc2N1C(=O)CCc1cnn(C)c1. The lowest BCUT2D eigenvalue weighted by molar-refractivity contribution is -0.119. The van der Waals surface area contributed by atoms with Crippen LogP contribution in [0.5, 0.6) is 0 Å². The van der Waals surface area contributed by atoms with Crippen LogP contribution in [0.3, 0.4) is 0 Å². The zero-order valence-electron chi connectivity index (χ0n) is 12.6. The predicted octanol–water partition coefficient (Wildman–Crippen LogP) is 2.72. The molecule has 0 N–H and O–H groups in total. The van der Waals surface area contributed by atoms with Crippen LogP contribution in [0.1, 0.15) is 30.9 Å². The molecule has 0 spiro atoms. The molecule has 2 heterocycles. The number of para-hydroxylation sites is 1. The van der Waals surface area contributed by atoms with E-state index in [1.165, 1.54) is 5.56 Å². The molecule has 0 saturated carbocycles. The standard InChI is InChI=1S/C17H21N3O/c1-13-7-9-15-5-3-4-6-16(15)20(13)17(21)10-8-14-11-18-19(2)12-14/h3-6,11-13H,7-10H2,1-2H3. The summed E-state index contributed by atoms with van der Waals surface area (Å²) in [6.45, 7) is 2.14. The molecule has 0 fully saturated rings. The Morgan fingerprint density at radius 2 is 2.19 bits per heavy atom. The van der Waals surface area contributed by atoms with Crippen LogP contribution in [0.15, 0.2) is 36.7 Å². The molecule has 4 nitrogen and oxygen atoms in total. The zero-order valence-corrected chi connectivity index (χ0v) is 12.6. The van der Waals surface area contributed by atoms with Crippen molar-refractivity contribution in [3.8, 4) is 0 Å². The highest BCUT2D eigenvalue weighted by Crippen LogP contribution is 2.31. The Labute approximate surface area is 125 Å². The van der Waals surface area contributed by atoms with Gasteiger partial charge in [-0.05, 0) is 43.4 Å². The highest BCUT2D eigenvalue weighted by Gasteiger charge is 2.27. The fourth-order valence-corrected chi connectivity index (χ4v) is 3.04. The van der Waals surface area contributed by atoms with Crippen molar-refractivity contribution >= 4 is 11.6 Å². The van der Waals surface area contributed by atoms with Crippen molar-refractivity contribution in [1.29, 1.82) is 0 Å². The van der Waals surface area contributed by atoms with Crippen LogP contribution in [-0.2, 0) is 24.7 Å². The highest BCUT2D eigenvalue weighted by atomic mass is 16.2. The highest BCUT2D eigenvalue weighted by molar-refractivity contribution is 5.95. The summed E-state index contributed by atoms with van der Waals surface area (Å²) in [5, 5.41) is 4.15. The molecule has 2 aromatic rings. The Hall–Kier alpha value is -2.10. The van der Waals surface area contributed by atoms with Crippen LogP contribution in [0.2, 0.25) is 0 Å².